The Labute approximate surface area is 105 Å². The first-order chi connectivity index (χ1) is 9.09. The molecule has 0 unspecified atom stereocenters. The first-order valence-electron chi connectivity index (χ1n) is 5.21. The molecule has 94 valence electrons. The van der Waals surface area contributed by atoms with Gasteiger partial charge in [-0.3, -0.25) is 9.59 Å². The van der Waals surface area contributed by atoms with Gasteiger partial charge in [-0.15, -0.1) is 0 Å². The predicted octanol–water partition coefficient (Wildman–Crippen LogP) is 0.303. The number of nitrogens with zero attached hydrogens (tertiary/aromatic N) is 3. The third-order valence-electron chi connectivity index (χ3n) is 2.75. The number of rotatable bonds is 2. The molecule has 8 heteroatoms. The summed E-state index contributed by atoms with van der Waals surface area (Å²) < 4.78 is 0. The van der Waals surface area contributed by atoms with Crippen LogP contribution in [0.15, 0.2) is 24.5 Å². The van der Waals surface area contributed by atoms with Gasteiger partial charge in [-0.2, -0.15) is 10.1 Å². The number of nitrogens with one attached hydrogen (secondary N) is 1. The van der Waals surface area contributed by atoms with Gasteiger partial charge in [-0.05, 0) is 18.2 Å². The van der Waals surface area contributed by atoms with Crippen molar-refractivity contribution in [2.75, 3.05) is 4.90 Å². The van der Waals surface area contributed by atoms with Gasteiger partial charge in [-0.25, -0.2) is 14.8 Å². The third kappa shape index (κ3) is 1.50. The van der Waals surface area contributed by atoms with Crippen LogP contribution < -0.4 is 4.90 Å². The number of H-pyrrole nitrogens is 1. The van der Waals surface area contributed by atoms with E-state index in [1.165, 1.54) is 24.5 Å². The highest BCUT2D eigenvalue weighted by atomic mass is 16.4. The Morgan fingerprint density at radius 1 is 1.21 bits per heavy atom. The fourth-order valence-electron chi connectivity index (χ4n) is 1.87. The Kier molecular flexibility index (Phi) is 2.18. The summed E-state index contributed by atoms with van der Waals surface area (Å²) >= 11 is 0. The van der Waals surface area contributed by atoms with Crippen molar-refractivity contribution in [2.24, 2.45) is 0 Å². The summed E-state index contributed by atoms with van der Waals surface area (Å²) in [7, 11) is 0. The van der Waals surface area contributed by atoms with Gasteiger partial charge in [0.1, 0.15) is 6.33 Å². The maximum Gasteiger partial charge on any atom is 0.335 e. The average Bonchev–Trinajstić information content (AvgIpc) is 2.98. The zero-order valence-corrected chi connectivity index (χ0v) is 9.32. The molecule has 0 saturated heterocycles. The molecular formula is C11H6N4O4. The number of anilines is 1. The van der Waals surface area contributed by atoms with Crippen molar-refractivity contribution in [3.05, 3.63) is 41.2 Å². The van der Waals surface area contributed by atoms with Gasteiger partial charge < -0.3 is 5.11 Å². The van der Waals surface area contributed by atoms with Gasteiger partial charge in [0.15, 0.2) is 0 Å². The molecule has 2 amide bonds. The summed E-state index contributed by atoms with van der Waals surface area (Å²) in [6.07, 6.45) is 1.17. The molecule has 1 aromatic heterocycles. The Bertz CT molecular complexity index is 707. The van der Waals surface area contributed by atoms with Crippen LogP contribution in [0.2, 0.25) is 0 Å². The van der Waals surface area contributed by atoms with Crippen LogP contribution in [0.25, 0.3) is 0 Å². The number of aromatic nitrogens is 3. The minimum Gasteiger partial charge on any atom is -0.478 e. The van der Waals surface area contributed by atoms with E-state index in [9.17, 15) is 14.4 Å². The van der Waals surface area contributed by atoms with Crippen molar-refractivity contribution in [1.82, 2.24) is 15.2 Å². The molecule has 0 aliphatic carbocycles. The van der Waals surface area contributed by atoms with E-state index >= 15 is 0 Å². The van der Waals surface area contributed by atoms with Crippen molar-refractivity contribution >= 4 is 23.7 Å². The lowest BCUT2D eigenvalue weighted by Gasteiger charge is -2.07. The minimum absolute atomic E-state index is 0.00285. The molecule has 3 rings (SSSR count). The number of carbonyl (C=O) groups excluding carboxylic acids is 2. The van der Waals surface area contributed by atoms with E-state index < -0.39 is 17.8 Å². The largest absolute Gasteiger partial charge is 0.478 e. The highest BCUT2D eigenvalue weighted by molar-refractivity contribution is 6.34. The van der Waals surface area contributed by atoms with Crippen LogP contribution in [0.1, 0.15) is 31.1 Å². The predicted molar refractivity (Wildman–Crippen MR) is 60.9 cm³/mol. The normalized spacial score (nSPS) is 13.8. The molecule has 0 atom stereocenters. The number of fused-ring (bicyclic) bond motifs is 1. The molecule has 0 fully saturated rings. The molecule has 0 saturated carbocycles. The van der Waals surface area contributed by atoms with E-state index in [0.717, 1.165) is 4.90 Å². The standard InChI is InChI=1S/C11H6N4O4/c16-8-6-2-1-5(10(18)19)3-7(6)9(17)15(8)11-12-4-13-14-11/h1-4H,(H,18,19)(H,12,13,14). The fraction of sp³-hybridized carbons (Fsp3) is 0. The summed E-state index contributed by atoms with van der Waals surface area (Å²) in [4.78, 5) is 39.6. The van der Waals surface area contributed by atoms with Crippen molar-refractivity contribution in [3.8, 4) is 0 Å². The second kappa shape index (κ2) is 3.73. The van der Waals surface area contributed by atoms with E-state index in [1.807, 2.05) is 0 Å². The average molecular weight is 258 g/mol. The van der Waals surface area contributed by atoms with Crippen LogP contribution in [0.5, 0.6) is 0 Å². The monoisotopic (exact) mass is 258 g/mol. The molecule has 2 heterocycles. The second-order valence-corrected chi connectivity index (χ2v) is 3.82. The maximum atomic E-state index is 12.1. The quantitative estimate of drug-likeness (QED) is 0.748. The molecule has 1 aliphatic rings. The number of imide groups is 1. The lowest BCUT2D eigenvalue weighted by Crippen LogP contribution is -2.30. The van der Waals surface area contributed by atoms with Crippen LogP contribution in [-0.4, -0.2) is 38.1 Å². The first kappa shape index (κ1) is 11.1. The molecule has 19 heavy (non-hydrogen) atoms. The highest BCUT2D eigenvalue weighted by Crippen LogP contribution is 2.26. The Balaban J connectivity index is 2.12. The van der Waals surface area contributed by atoms with Gasteiger partial charge in [0.25, 0.3) is 11.8 Å². The molecule has 2 N–H and O–H groups in total. The molecular weight excluding hydrogens is 252 g/mol. The van der Waals surface area contributed by atoms with Crippen LogP contribution in [-0.2, 0) is 0 Å². The summed E-state index contributed by atoms with van der Waals surface area (Å²) in [5, 5.41) is 14.9. The number of carboxylic acid groups (broad SMARTS) is 1. The van der Waals surface area contributed by atoms with E-state index in [0.29, 0.717) is 0 Å². The number of aromatic carboxylic acids is 1. The van der Waals surface area contributed by atoms with Crippen LogP contribution in [0.3, 0.4) is 0 Å². The summed E-state index contributed by atoms with van der Waals surface area (Å²) in [5.74, 6) is -2.35. The topological polar surface area (TPSA) is 116 Å². The number of carbonyl (C=O) groups is 3. The zero-order valence-electron chi connectivity index (χ0n) is 9.32. The van der Waals surface area contributed by atoms with Crippen molar-refractivity contribution in [2.45, 2.75) is 0 Å². The number of hydrogen-bond acceptors (Lipinski definition) is 5. The summed E-state index contributed by atoms with van der Waals surface area (Å²) in [6.45, 7) is 0. The Morgan fingerprint density at radius 3 is 2.58 bits per heavy atom. The zero-order chi connectivity index (χ0) is 13.6. The Morgan fingerprint density at radius 2 is 1.95 bits per heavy atom. The lowest BCUT2D eigenvalue weighted by atomic mass is 10.1. The van der Waals surface area contributed by atoms with Crippen LogP contribution in [0.4, 0.5) is 5.95 Å². The summed E-state index contributed by atoms with van der Waals surface area (Å²) in [5.41, 5.74) is 0.131. The van der Waals surface area contributed by atoms with E-state index in [4.69, 9.17) is 5.11 Å². The molecule has 1 aromatic carbocycles. The van der Waals surface area contributed by atoms with Gasteiger partial charge >= 0.3 is 5.97 Å². The second-order valence-electron chi connectivity index (χ2n) is 3.82. The van der Waals surface area contributed by atoms with E-state index in [-0.39, 0.29) is 22.6 Å². The highest BCUT2D eigenvalue weighted by Gasteiger charge is 2.38. The molecule has 0 spiro atoms. The number of hydrogen-bond donors (Lipinski definition) is 2. The van der Waals surface area contributed by atoms with Crippen molar-refractivity contribution in [1.29, 1.82) is 0 Å². The van der Waals surface area contributed by atoms with Crippen molar-refractivity contribution < 1.29 is 19.5 Å². The van der Waals surface area contributed by atoms with Crippen molar-refractivity contribution in [3.63, 3.8) is 0 Å². The number of aromatic amines is 1. The smallest absolute Gasteiger partial charge is 0.335 e. The minimum atomic E-state index is -1.17. The molecule has 1 aliphatic heterocycles. The van der Waals surface area contributed by atoms with Gasteiger partial charge in [0, 0.05) is 0 Å². The van der Waals surface area contributed by atoms with Crippen LogP contribution in [0, 0.1) is 0 Å². The SMILES string of the molecule is O=C(O)c1ccc2c(c1)C(=O)N(c1ncn[nH]1)C2=O. The number of benzene rings is 1. The van der Waals surface area contributed by atoms with Gasteiger partial charge in [0.05, 0.1) is 16.7 Å². The third-order valence-corrected chi connectivity index (χ3v) is 2.75. The molecule has 2 aromatic rings. The lowest BCUT2D eigenvalue weighted by molar-refractivity contribution is 0.0696. The summed E-state index contributed by atoms with van der Waals surface area (Å²) in [6, 6.07) is 3.76. The van der Waals surface area contributed by atoms with Gasteiger partial charge in [-0.1, -0.05) is 0 Å². The van der Waals surface area contributed by atoms with E-state index in [1.54, 1.807) is 0 Å². The van der Waals surface area contributed by atoms with Gasteiger partial charge in [0.2, 0.25) is 5.95 Å². The Hall–Kier alpha value is -3.03. The maximum absolute atomic E-state index is 12.1. The molecule has 0 radical (unpaired) electrons. The first-order valence-corrected chi connectivity index (χ1v) is 5.21. The molecule has 0 bridgehead atoms. The van der Waals surface area contributed by atoms with Crippen LogP contribution >= 0.6 is 0 Å². The fourth-order valence-corrected chi connectivity index (χ4v) is 1.87. The number of amides is 2. The number of carboxylic acids is 1. The molecule has 8 nitrogen and oxygen atoms in total. The van der Waals surface area contributed by atoms with E-state index in [2.05, 4.69) is 15.2 Å².